The summed E-state index contributed by atoms with van der Waals surface area (Å²) in [6.45, 7) is 2.70. The Labute approximate surface area is 125 Å². The number of carbonyl (C=O) groups excluding carboxylic acids is 1. The van der Waals surface area contributed by atoms with Crippen LogP contribution in [-0.2, 0) is 11.2 Å². The van der Waals surface area contributed by atoms with Gasteiger partial charge >= 0.3 is 0 Å². The molecule has 0 fully saturated rings. The molecule has 1 heterocycles. The van der Waals surface area contributed by atoms with Crippen LogP contribution in [0.1, 0.15) is 19.0 Å². The standard InChI is InChI=1S/C17H21N3O/c1-14(13-19-15-7-3-2-4-8-15)20-17(21)11-10-16-9-5-6-12-18-16/h2-9,12,14,19H,10-11,13H2,1H3,(H,20,21)/t14-/m0/s1. The highest BCUT2D eigenvalue weighted by molar-refractivity contribution is 5.76. The van der Waals surface area contributed by atoms with Crippen molar-refractivity contribution in [2.24, 2.45) is 0 Å². The van der Waals surface area contributed by atoms with Gasteiger partial charge in [-0.3, -0.25) is 9.78 Å². The quantitative estimate of drug-likeness (QED) is 0.821. The van der Waals surface area contributed by atoms with Crippen LogP contribution in [0.3, 0.4) is 0 Å². The largest absolute Gasteiger partial charge is 0.383 e. The second-order valence-electron chi connectivity index (χ2n) is 5.04. The highest BCUT2D eigenvalue weighted by Crippen LogP contribution is 2.04. The van der Waals surface area contributed by atoms with Crippen LogP contribution in [0.25, 0.3) is 0 Å². The lowest BCUT2D eigenvalue weighted by Crippen LogP contribution is -2.37. The molecular formula is C17H21N3O. The molecule has 2 rings (SSSR count). The SMILES string of the molecule is C[C@@H](CNc1ccccc1)NC(=O)CCc1ccccn1. The molecule has 1 aromatic carbocycles. The van der Waals surface area contributed by atoms with Gasteiger partial charge in [0.1, 0.15) is 0 Å². The Morgan fingerprint density at radius 2 is 1.90 bits per heavy atom. The van der Waals surface area contributed by atoms with Gasteiger partial charge in [-0.2, -0.15) is 0 Å². The molecule has 0 saturated carbocycles. The zero-order valence-electron chi connectivity index (χ0n) is 12.3. The summed E-state index contributed by atoms with van der Waals surface area (Å²) in [5, 5.41) is 6.29. The van der Waals surface area contributed by atoms with Crippen LogP contribution in [0.4, 0.5) is 5.69 Å². The van der Waals surface area contributed by atoms with E-state index in [1.807, 2.05) is 55.5 Å². The third kappa shape index (κ3) is 5.65. The predicted molar refractivity (Wildman–Crippen MR) is 85.1 cm³/mol. The number of hydrogen-bond donors (Lipinski definition) is 2. The molecule has 0 unspecified atom stereocenters. The van der Waals surface area contributed by atoms with E-state index in [0.717, 1.165) is 11.4 Å². The van der Waals surface area contributed by atoms with Gasteiger partial charge in [0.25, 0.3) is 0 Å². The lowest BCUT2D eigenvalue weighted by atomic mass is 10.2. The van der Waals surface area contributed by atoms with Crippen LogP contribution >= 0.6 is 0 Å². The van der Waals surface area contributed by atoms with Crippen molar-refractivity contribution in [3.63, 3.8) is 0 Å². The van der Waals surface area contributed by atoms with Crippen molar-refractivity contribution < 1.29 is 4.79 Å². The fraction of sp³-hybridized carbons (Fsp3) is 0.294. The molecule has 0 saturated heterocycles. The molecule has 2 N–H and O–H groups in total. The smallest absolute Gasteiger partial charge is 0.220 e. The van der Waals surface area contributed by atoms with E-state index in [-0.39, 0.29) is 11.9 Å². The van der Waals surface area contributed by atoms with Crippen LogP contribution < -0.4 is 10.6 Å². The van der Waals surface area contributed by atoms with Gasteiger partial charge in [0.05, 0.1) is 0 Å². The summed E-state index contributed by atoms with van der Waals surface area (Å²) in [5.74, 6) is 0.0583. The molecule has 21 heavy (non-hydrogen) atoms. The van der Waals surface area contributed by atoms with Gasteiger partial charge < -0.3 is 10.6 Å². The minimum Gasteiger partial charge on any atom is -0.383 e. The number of aryl methyl sites for hydroxylation is 1. The van der Waals surface area contributed by atoms with Gasteiger partial charge in [0.15, 0.2) is 0 Å². The molecule has 0 aliphatic rings. The Morgan fingerprint density at radius 1 is 1.14 bits per heavy atom. The zero-order chi connectivity index (χ0) is 14.9. The van der Waals surface area contributed by atoms with E-state index in [1.54, 1.807) is 6.20 Å². The number of hydrogen-bond acceptors (Lipinski definition) is 3. The minimum atomic E-state index is 0.0583. The molecule has 0 bridgehead atoms. The maximum Gasteiger partial charge on any atom is 0.220 e. The van der Waals surface area contributed by atoms with Crippen LogP contribution in [0.15, 0.2) is 54.7 Å². The number of rotatable bonds is 7. The molecule has 0 aliphatic carbocycles. The lowest BCUT2D eigenvalue weighted by molar-refractivity contribution is -0.121. The van der Waals surface area contributed by atoms with Gasteiger partial charge in [0, 0.05) is 36.6 Å². The van der Waals surface area contributed by atoms with Gasteiger partial charge in [-0.1, -0.05) is 24.3 Å². The Bertz CT molecular complexity index is 542. The molecule has 110 valence electrons. The molecular weight excluding hydrogens is 262 g/mol. The van der Waals surface area contributed by atoms with Crippen molar-refractivity contribution >= 4 is 11.6 Å². The lowest BCUT2D eigenvalue weighted by Gasteiger charge is -2.15. The van der Waals surface area contributed by atoms with Gasteiger partial charge in [-0.15, -0.1) is 0 Å². The van der Waals surface area contributed by atoms with Crippen molar-refractivity contribution in [2.75, 3.05) is 11.9 Å². The Morgan fingerprint density at radius 3 is 2.62 bits per heavy atom. The zero-order valence-corrected chi connectivity index (χ0v) is 12.3. The van der Waals surface area contributed by atoms with Gasteiger partial charge in [-0.05, 0) is 37.6 Å². The molecule has 0 radical (unpaired) electrons. The molecule has 1 atom stereocenters. The summed E-state index contributed by atoms with van der Waals surface area (Å²) < 4.78 is 0. The van der Waals surface area contributed by atoms with Crippen LogP contribution in [-0.4, -0.2) is 23.5 Å². The molecule has 4 nitrogen and oxygen atoms in total. The second-order valence-corrected chi connectivity index (χ2v) is 5.04. The van der Waals surface area contributed by atoms with Crippen LogP contribution in [0.5, 0.6) is 0 Å². The summed E-state index contributed by atoms with van der Waals surface area (Å²) in [7, 11) is 0. The van der Waals surface area contributed by atoms with E-state index in [2.05, 4.69) is 15.6 Å². The number of nitrogens with zero attached hydrogens (tertiary/aromatic N) is 1. The van der Waals surface area contributed by atoms with Crippen LogP contribution in [0.2, 0.25) is 0 Å². The van der Waals surface area contributed by atoms with Gasteiger partial charge in [-0.25, -0.2) is 0 Å². The van der Waals surface area contributed by atoms with Crippen molar-refractivity contribution in [1.29, 1.82) is 0 Å². The number of benzene rings is 1. The van der Waals surface area contributed by atoms with Crippen molar-refractivity contribution in [3.05, 3.63) is 60.4 Å². The number of anilines is 1. The predicted octanol–water partition coefficient (Wildman–Crippen LogP) is 2.63. The van der Waals surface area contributed by atoms with E-state index >= 15 is 0 Å². The van der Waals surface area contributed by atoms with Crippen molar-refractivity contribution in [3.8, 4) is 0 Å². The molecule has 0 aliphatic heterocycles. The fourth-order valence-corrected chi connectivity index (χ4v) is 2.01. The first kappa shape index (κ1) is 15.0. The van der Waals surface area contributed by atoms with E-state index < -0.39 is 0 Å². The first-order chi connectivity index (χ1) is 10.2. The minimum absolute atomic E-state index is 0.0583. The fourth-order valence-electron chi connectivity index (χ4n) is 2.01. The average Bonchev–Trinajstić information content (AvgIpc) is 2.53. The van der Waals surface area contributed by atoms with E-state index in [9.17, 15) is 4.79 Å². The third-order valence-electron chi connectivity index (χ3n) is 3.13. The van der Waals surface area contributed by atoms with E-state index in [0.29, 0.717) is 19.4 Å². The van der Waals surface area contributed by atoms with E-state index in [1.165, 1.54) is 0 Å². The molecule has 1 amide bonds. The molecule has 0 spiro atoms. The Hall–Kier alpha value is -2.36. The summed E-state index contributed by atoms with van der Waals surface area (Å²) in [6.07, 6.45) is 2.89. The molecule has 1 aromatic heterocycles. The summed E-state index contributed by atoms with van der Waals surface area (Å²) in [5.41, 5.74) is 2.01. The summed E-state index contributed by atoms with van der Waals surface area (Å²) in [6, 6.07) is 15.8. The van der Waals surface area contributed by atoms with E-state index in [4.69, 9.17) is 0 Å². The monoisotopic (exact) mass is 283 g/mol. The van der Waals surface area contributed by atoms with Crippen molar-refractivity contribution in [1.82, 2.24) is 10.3 Å². The Kier molecular flexibility index (Phi) is 5.76. The maximum atomic E-state index is 11.9. The highest BCUT2D eigenvalue weighted by atomic mass is 16.1. The average molecular weight is 283 g/mol. The summed E-state index contributed by atoms with van der Waals surface area (Å²) in [4.78, 5) is 16.1. The molecule has 4 heteroatoms. The summed E-state index contributed by atoms with van der Waals surface area (Å²) >= 11 is 0. The first-order valence-electron chi connectivity index (χ1n) is 7.22. The number of nitrogens with one attached hydrogen (secondary N) is 2. The number of para-hydroxylation sites is 1. The second kappa shape index (κ2) is 8.04. The number of aromatic nitrogens is 1. The number of pyridine rings is 1. The van der Waals surface area contributed by atoms with Crippen molar-refractivity contribution in [2.45, 2.75) is 25.8 Å². The first-order valence-corrected chi connectivity index (χ1v) is 7.22. The number of amides is 1. The number of carbonyl (C=O) groups is 1. The normalized spacial score (nSPS) is 11.7. The van der Waals surface area contributed by atoms with Gasteiger partial charge in [0.2, 0.25) is 5.91 Å². The van der Waals surface area contributed by atoms with Crippen LogP contribution in [0, 0.1) is 0 Å². The maximum absolute atomic E-state index is 11.9. The Balaban J connectivity index is 1.67. The third-order valence-corrected chi connectivity index (χ3v) is 3.13. The molecule has 2 aromatic rings. The highest BCUT2D eigenvalue weighted by Gasteiger charge is 2.07. The topological polar surface area (TPSA) is 54.0 Å².